The molecule has 2 atom stereocenters. The molecule has 2 nitrogen and oxygen atoms in total. The lowest BCUT2D eigenvalue weighted by molar-refractivity contribution is 0.0788. The van der Waals surface area contributed by atoms with Crippen molar-refractivity contribution in [3.8, 4) is 0 Å². The Bertz CT molecular complexity index is 393. The van der Waals surface area contributed by atoms with E-state index in [2.05, 4.69) is 28.2 Å². The summed E-state index contributed by atoms with van der Waals surface area (Å²) in [6, 6.07) is 5.18. The van der Waals surface area contributed by atoms with Crippen LogP contribution < -0.4 is 5.32 Å². The summed E-state index contributed by atoms with van der Waals surface area (Å²) in [6.45, 7) is 3.88. The highest BCUT2D eigenvalue weighted by atomic mass is 79.9. The van der Waals surface area contributed by atoms with E-state index in [1.54, 1.807) is 0 Å². The van der Waals surface area contributed by atoms with E-state index < -0.39 is 0 Å². The van der Waals surface area contributed by atoms with E-state index in [0.29, 0.717) is 6.04 Å². The Morgan fingerprint density at radius 1 is 1.56 bits per heavy atom. The van der Waals surface area contributed by atoms with Crippen LogP contribution in [0.1, 0.15) is 25.3 Å². The fourth-order valence-electron chi connectivity index (χ4n) is 2.44. The van der Waals surface area contributed by atoms with Gasteiger partial charge >= 0.3 is 0 Å². The van der Waals surface area contributed by atoms with Gasteiger partial charge in [0.05, 0.1) is 6.10 Å². The van der Waals surface area contributed by atoms with E-state index in [9.17, 15) is 4.39 Å². The zero-order valence-corrected chi connectivity index (χ0v) is 12.2. The Balaban J connectivity index is 2.07. The predicted octanol–water partition coefficient (Wildman–Crippen LogP) is 3.29. The maximum atomic E-state index is 13.1. The largest absolute Gasteiger partial charge is 0.377 e. The Labute approximate surface area is 116 Å². The summed E-state index contributed by atoms with van der Waals surface area (Å²) < 4.78 is 19.7. The highest BCUT2D eigenvalue weighted by Crippen LogP contribution is 2.23. The number of hydrogen-bond acceptors (Lipinski definition) is 2. The highest BCUT2D eigenvalue weighted by molar-refractivity contribution is 9.10. The second kappa shape index (κ2) is 6.64. The first-order valence-electron chi connectivity index (χ1n) is 6.49. The van der Waals surface area contributed by atoms with Crippen molar-refractivity contribution >= 4 is 15.9 Å². The molecule has 1 aliphatic rings. The average Bonchev–Trinajstić information content (AvgIpc) is 2.85. The molecule has 1 heterocycles. The second-order valence-electron chi connectivity index (χ2n) is 4.66. The van der Waals surface area contributed by atoms with Crippen LogP contribution in [0.25, 0.3) is 0 Å². The molecule has 0 saturated carbocycles. The van der Waals surface area contributed by atoms with Gasteiger partial charge in [-0.15, -0.1) is 0 Å². The van der Waals surface area contributed by atoms with Crippen LogP contribution in [0.4, 0.5) is 4.39 Å². The summed E-state index contributed by atoms with van der Waals surface area (Å²) in [4.78, 5) is 0. The van der Waals surface area contributed by atoms with Crippen LogP contribution in [0.15, 0.2) is 22.7 Å². The number of hydrogen-bond donors (Lipinski definition) is 1. The van der Waals surface area contributed by atoms with Gasteiger partial charge in [-0.3, -0.25) is 0 Å². The van der Waals surface area contributed by atoms with Gasteiger partial charge in [-0.25, -0.2) is 4.39 Å². The minimum Gasteiger partial charge on any atom is -0.377 e. The van der Waals surface area contributed by atoms with Crippen LogP contribution in [-0.4, -0.2) is 25.3 Å². The first-order chi connectivity index (χ1) is 8.70. The lowest BCUT2D eigenvalue weighted by Crippen LogP contribution is -2.41. The minimum atomic E-state index is -0.206. The van der Waals surface area contributed by atoms with E-state index in [1.165, 1.54) is 12.1 Å². The fraction of sp³-hybridized carbons (Fsp3) is 0.571. The molecule has 0 bridgehead atoms. The normalized spacial score (nSPS) is 21.2. The van der Waals surface area contributed by atoms with E-state index in [-0.39, 0.29) is 11.9 Å². The molecular formula is C14H19BrFNO. The Kier molecular flexibility index (Phi) is 5.15. The monoisotopic (exact) mass is 315 g/mol. The molecule has 0 radical (unpaired) electrons. The summed E-state index contributed by atoms with van der Waals surface area (Å²) in [5.74, 6) is -0.206. The van der Waals surface area contributed by atoms with Gasteiger partial charge < -0.3 is 10.1 Å². The number of likely N-dealkylation sites (N-methyl/N-ethyl adjacent to an activating group) is 1. The maximum absolute atomic E-state index is 13.1. The Hall–Kier alpha value is -0.450. The summed E-state index contributed by atoms with van der Waals surface area (Å²) in [6.07, 6.45) is 3.38. The van der Waals surface area contributed by atoms with Crippen molar-refractivity contribution in [1.82, 2.24) is 5.32 Å². The molecule has 1 fully saturated rings. The molecule has 0 spiro atoms. The lowest BCUT2D eigenvalue weighted by Gasteiger charge is -2.24. The van der Waals surface area contributed by atoms with Gasteiger partial charge in [0.15, 0.2) is 0 Å². The average molecular weight is 316 g/mol. The van der Waals surface area contributed by atoms with Gasteiger partial charge in [0, 0.05) is 17.1 Å². The standard InChI is InChI=1S/C14H19BrFNO/c1-2-17-13(14-4-3-7-18-14)8-10-5-6-11(16)9-12(10)15/h5-6,9,13-14,17H,2-4,7-8H2,1H3. The predicted molar refractivity (Wildman–Crippen MR) is 74.2 cm³/mol. The Morgan fingerprint density at radius 2 is 2.39 bits per heavy atom. The van der Waals surface area contributed by atoms with E-state index in [1.807, 2.05) is 6.07 Å². The second-order valence-corrected chi connectivity index (χ2v) is 5.51. The zero-order chi connectivity index (χ0) is 13.0. The number of benzene rings is 1. The number of ether oxygens (including phenoxy) is 1. The van der Waals surface area contributed by atoms with Crippen molar-refractivity contribution in [1.29, 1.82) is 0 Å². The maximum Gasteiger partial charge on any atom is 0.124 e. The number of halogens is 2. The van der Waals surface area contributed by atoms with Crippen LogP contribution in [-0.2, 0) is 11.2 Å². The molecule has 1 aromatic rings. The van der Waals surface area contributed by atoms with Crippen molar-refractivity contribution in [2.24, 2.45) is 0 Å². The molecule has 2 unspecified atom stereocenters. The molecule has 1 N–H and O–H groups in total. The summed E-state index contributed by atoms with van der Waals surface area (Å²) in [5.41, 5.74) is 1.12. The van der Waals surface area contributed by atoms with Gasteiger partial charge in [-0.2, -0.15) is 0 Å². The third-order valence-electron chi connectivity index (χ3n) is 3.33. The molecule has 0 amide bonds. The third-order valence-corrected chi connectivity index (χ3v) is 4.07. The van der Waals surface area contributed by atoms with Crippen molar-refractivity contribution in [3.05, 3.63) is 34.1 Å². The topological polar surface area (TPSA) is 21.3 Å². The van der Waals surface area contributed by atoms with Crippen molar-refractivity contribution in [2.45, 2.75) is 38.3 Å². The zero-order valence-electron chi connectivity index (χ0n) is 10.6. The van der Waals surface area contributed by atoms with Crippen molar-refractivity contribution < 1.29 is 9.13 Å². The smallest absolute Gasteiger partial charge is 0.124 e. The molecule has 1 aliphatic heterocycles. The summed E-state index contributed by atoms with van der Waals surface area (Å²) in [5, 5.41) is 3.48. The van der Waals surface area contributed by atoms with Gasteiger partial charge in [0.1, 0.15) is 5.82 Å². The van der Waals surface area contributed by atoms with Crippen LogP contribution in [0, 0.1) is 5.82 Å². The first-order valence-corrected chi connectivity index (χ1v) is 7.29. The van der Waals surface area contributed by atoms with Crippen LogP contribution in [0.2, 0.25) is 0 Å². The SMILES string of the molecule is CCNC(Cc1ccc(F)cc1Br)C1CCCO1. The molecule has 100 valence electrons. The van der Waals surface area contributed by atoms with Gasteiger partial charge in [0.25, 0.3) is 0 Å². The van der Waals surface area contributed by atoms with Gasteiger partial charge in [-0.05, 0) is 43.5 Å². The van der Waals surface area contributed by atoms with E-state index in [4.69, 9.17) is 4.74 Å². The van der Waals surface area contributed by atoms with Crippen LogP contribution in [0.3, 0.4) is 0 Å². The Morgan fingerprint density at radius 3 is 3.00 bits per heavy atom. The molecule has 0 aliphatic carbocycles. The molecule has 18 heavy (non-hydrogen) atoms. The number of nitrogens with one attached hydrogen (secondary N) is 1. The van der Waals surface area contributed by atoms with Crippen molar-refractivity contribution in [2.75, 3.05) is 13.2 Å². The summed E-state index contributed by atoms with van der Waals surface area (Å²) >= 11 is 3.43. The van der Waals surface area contributed by atoms with E-state index >= 15 is 0 Å². The molecule has 1 saturated heterocycles. The quantitative estimate of drug-likeness (QED) is 0.900. The van der Waals surface area contributed by atoms with Gasteiger partial charge in [0.2, 0.25) is 0 Å². The number of rotatable bonds is 5. The molecule has 4 heteroatoms. The summed E-state index contributed by atoms with van der Waals surface area (Å²) in [7, 11) is 0. The third kappa shape index (κ3) is 3.53. The lowest BCUT2D eigenvalue weighted by atomic mass is 9.99. The molecular weight excluding hydrogens is 297 g/mol. The molecule has 1 aromatic carbocycles. The fourth-order valence-corrected chi connectivity index (χ4v) is 2.95. The van der Waals surface area contributed by atoms with Crippen LogP contribution in [0.5, 0.6) is 0 Å². The van der Waals surface area contributed by atoms with Crippen LogP contribution >= 0.6 is 15.9 Å². The minimum absolute atomic E-state index is 0.206. The molecule has 0 aromatic heterocycles. The van der Waals surface area contributed by atoms with Gasteiger partial charge in [-0.1, -0.05) is 28.9 Å². The highest BCUT2D eigenvalue weighted by Gasteiger charge is 2.25. The van der Waals surface area contributed by atoms with E-state index in [0.717, 1.165) is 42.5 Å². The first kappa shape index (κ1) is 14.0. The molecule has 2 rings (SSSR count). The van der Waals surface area contributed by atoms with Crippen molar-refractivity contribution in [3.63, 3.8) is 0 Å².